The van der Waals surface area contributed by atoms with Crippen LogP contribution in [0.3, 0.4) is 0 Å². The van der Waals surface area contributed by atoms with E-state index in [1.54, 1.807) is 0 Å². The summed E-state index contributed by atoms with van der Waals surface area (Å²) in [5.74, 6) is 0. The van der Waals surface area contributed by atoms with Crippen molar-refractivity contribution in [3.63, 3.8) is 0 Å². The van der Waals surface area contributed by atoms with E-state index in [0.29, 0.717) is 5.33 Å². The Bertz CT molecular complexity index is 147. The first kappa shape index (κ1) is 11.4. The van der Waals surface area contributed by atoms with Crippen LogP contribution in [0.5, 0.6) is 0 Å². The molecule has 5 nitrogen and oxygen atoms in total. The molecule has 0 aliphatic carbocycles. The molecule has 1 aliphatic heterocycles. The van der Waals surface area contributed by atoms with Crippen molar-refractivity contribution in [3.8, 4) is 0 Å². The molecule has 78 valence electrons. The van der Waals surface area contributed by atoms with E-state index in [1.165, 1.54) is 7.11 Å². The molecule has 1 rings (SSSR count). The van der Waals surface area contributed by atoms with Crippen molar-refractivity contribution >= 4 is 15.9 Å². The monoisotopic (exact) mass is 256 g/mol. The second-order valence-corrected chi connectivity index (χ2v) is 3.55. The maximum atomic E-state index is 9.40. The highest BCUT2D eigenvalue weighted by Crippen LogP contribution is 2.22. The highest BCUT2D eigenvalue weighted by Gasteiger charge is 2.43. The molecule has 1 saturated heterocycles. The SMILES string of the molecule is CO[C@H]1OC(CBr)[C@@H](O)C(O)C1O. The van der Waals surface area contributed by atoms with Gasteiger partial charge in [0.15, 0.2) is 6.29 Å². The molecular formula is C7H13BrO5. The Balaban J connectivity index is 2.66. The van der Waals surface area contributed by atoms with E-state index < -0.39 is 30.7 Å². The Morgan fingerprint density at radius 2 is 1.85 bits per heavy atom. The molecule has 0 radical (unpaired) electrons. The third-order valence-electron chi connectivity index (χ3n) is 2.05. The van der Waals surface area contributed by atoms with Gasteiger partial charge in [-0.15, -0.1) is 0 Å². The lowest BCUT2D eigenvalue weighted by atomic mass is 10.0. The minimum absolute atomic E-state index is 0.373. The van der Waals surface area contributed by atoms with Crippen LogP contribution in [-0.2, 0) is 9.47 Å². The van der Waals surface area contributed by atoms with Gasteiger partial charge in [0.25, 0.3) is 0 Å². The van der Waals surface area contributed by atoms with Crippen LogP contribution in [-0.4, -0.2) is 58.5 Å². The minimum atomic E-state index is -1.23. The van der Waals surface area contributed by atoms with Crippen molar-refractivity contribution in [2.45, 2.75) is 30.7 Å². The normalized spacial score (nSPS) is 46.4. The van der Waals surface area contributed by atoms with Gasteiger partial charge in [-0.2, -0.15) is 0 Å². The van der Waals surface area contributed by atoms with Crippen LogP contribution in [0.1, 0.15) is 0 Å². The molecule has 3 N–H and O–H groups in total. The summed E-state index contributed by atoms with van der Waals surface area (Å²) in [6.07, 6.45) is -5.00. The maximum Gasteiger partial charge on any atom is 0.186 e. The summed E-state index contributed by atoms with van der Waals surface area (Å²) >= 11 is 3.12. The fourth-order valence-corrected chi connectivity index (χ4v) is 1.77. The second kappa shape index (κ2) is 4.68. The van der Waals surface area contributed by atoms with Gasteiger partial charge in [0.2, 0.25) is 0 Å². The van der Waals surface area contributed by atoms with Crippen molar-refractivity contribution in [1.29, 1.82) is 0 Å². The van der Waals surface area contributed by atoms with Crippen molar-refractivity contribution in [3.05, 3.63) is 0 Å². The Kier molecular flexibility index (Phi) is 4.08. The quantitative estimate of drug-likeness (QED) is 0.543. The number of rotatable bonds is 2. The smallest absolute Gasteiger partial charge is 0.186 e. The van der Waals surface area contributed by atoms with Gasteiger partial charge in [-0.1, -0.05) is 15.9 Å². The van der Waals surface area contributed by atoms with Crippen LogP contribution < -0.4 is 0 Å². The Morgan fingerprint density at radius 3 is 2.31 bits per heavy atom. The highest BCUT2D eigenvalue weighted by atomic mass is 79.9. The Hall–Kier alpha value is 0.280. The first-order chi connectivity index (χ1) is 6.11. The number of alkyl halides is 1. The zero-order valence-electron chi connectivity index (χ0n) is 7.13. The number of aliphatic hydroxyl groups excluding tert-OH is 3. The van der Waals surface area contributed by atoms with E-state index in [0.717, 1.165) is 0 Å². The summed E-state index contributed by atoms with van der Waals surface area (Å²) in [6.45, 7) is 0. The first-order valence-corrected chi connectivity index (χ1v) is 5.02. The van der Waals surface area contributed by atoms with Gasteiger partial charge in [-0.3, -0.25) is 0 Å². The van der Waals surface area contributed by atoms with Crippen LogP contribution in [0, 0.1) is 0 Å². The highest BCUT2D eigenvalue weighted by molar-refractivity contribution is 9.09. The van der Waals surface area contributed by atoms with Crippen LogP contribution in [0.25, 0.3) is 0 Å². The van der Waals surface area contributed by atoms with Crippen molar-refractivity contribution in [1.82, 2.24) is 0 Å². The van der Waals surface area contributed by atoms with E-state index in [-0.39, 0.29) is 0 Å². The van der Waals surface area contributed by atoms with Crippen LogP contribution in [0.2, 0.25) is 0 Å². The van der Waals surface area contributed by atoms with Crippen LogP contribution in [0.4, 0.5) is 0 Å². The molecule has 0 amide bonds. The lowest BCUT2D eigenvalue weighted by molar-refractivity contribution is -0.284. The molecule has 0 aromatic heterocycles. The Labute approximate surface area is 84.4 Å². The third-order valence-corrected chi connectivity index (χ3v) is 2.69. The third kappa shape index (κ3) is 2.20. The van der Waals surface area contributed by atoms with Gasteiger partial charge in [-0.05, 0) is 0 Å². The average Bonchev–Trinajstić information content (AvgIpc) is 2.15. The minimum Gasteiger partial charge on any atom is -0.388 e. The van der Waals surface area contributed by atoms with Gasteiger partial charge < -0.3 is 24.8 Å². The molecule has 0 aromatic carbocycles. The largest absolute Gasteiger partial charge is 0.388 e. The number of methoxy groups -OCH3 is 1. The zero-order valence-corrected chi connectivity index (χ0v) is 8.72. The van der Waals surface area contributed by atoms with E-state index in [9.17, 15) is 15.3 Å². The van der Waals surface area contributed by atoms with E-state index in [2.05, 4.69) is 15.9 Å². The fraction of sp³-hybridized carbons (Fsp3) is 1.00. The van der Waals surface area contributed by atoms with Gasteiger partial charge in [-0.25, -0.2) is 0 Å². The number of aliphatic hydroxyl groups is 3. The summed E-state index contributed by atoms with van der Waals surface area (Å²) < 4.78 is 9.94. The second-order valence-electron chi connectivity index (χ2n) is 2.90. The summed E-state index contributed by atoms with van der Waals surface area (Å²) in [5, 5.41) is 28.5. The van der Waals surface area contributed by atoms with E-state index in [4.69, 9.17) is 9.47 Å². The molecule has 1 fully saturated rings. The number of halogens is 1. The van der Waals surface area contributed by atoms with Gasteiger partial charge >= 0.3 is 0 Å². The van der Waals surface area contributed by atoms with Crippen LogP contribution in [0.15, 0.2) is 0 Å². The lowest BCUT2D eigenvalue weighted by Gasteiger charge is -2.39. The molecule has 6 heteroatoms. The molecule has 1 heterocycles. The van der Waals surface area contributed by atoms with Crippen molar-refractivity contribution < 1.29 is 24.8 Å². The average molecular weight is 257 g/mol. The molecule has 13 heavy (non-hydrogen) atoms. The number of ether oxygens (including phenoxy) is 2. The molecule has 0 bridgehead atoms. The topological polar surface area (TPSA) is 79.2 Å². The predicted molar refractivity (Wildman–Crippen MR) is 47.5 cm³/mol. The molecule has 5 atom stereocenters. The molecule has 1 aliphatic rings. The van der Waals surface area contributed by atoms with Gasteiger partial charge in [0.05, 0.1) is 6.10 Å². The fourth-order valence-electron chi connectivity index (χ4n) is 1.24. The molecule has 0 spiro atoms. The van der Waals surface area contributed by atoms with E-state index >= 15 is 0 Å². The summed E-state index contributed by atoms with van der Waals surface area (Å²) in [4.78, 5) is 0. The first-order valence-electron chi connectivity index (χ1n) is 3.90. The standard InChI is InChI=1S/C7H13BrO5/c1-12-7-6(11)5(10)4(9)3(2-8)13-7/h3-7,9-11H,2H2,1H3/t3?,4-,5?,6?,7+/m1/s1. The summed E-state index contributed by atoms with van der Waals surface area (Å²) in [5.41, 5.74) is 0. The summed E-state index contributed by atoms with van der Waals surface area (Å²) in [7, 11) is 1.36. The molecular weight excluding hydrogens is 244 g/mol. The predicted octanol–water partition coefficient (Wildman–Crippen LogP) is -1.16. The van der Waals surface area contributed by atoms with Crippen LogP contribution >= 0.6 is 15.9 Å². The zero-order chi connectivity index (χ0) is 10.0. The van der Waals surface area contributed by atoms with Crippen molar-refractivity contribution in [2.24, 2.45) is 0 Å². The van der Waals surface area contributed by atoms with Gasteiger partial charge in [0, 0.05) is 12.4 Å². The van der Waals surface area contributed by atoms with Crippen molar-refractivity contribution in [2.75, 3.05) is 12.4 Å². The number of hydrogen-bond acceptors (Lipinski definition) is 5. The molecule has 0 aromatic rings. The van der Waals surface area contributed by atoms with Gasteiger partial charge in [0.1, 0.15) is 18.3 Å². The lowest BCUT2D eigenvalue weighted by Crippen LogP contribution is -2.58. The summed E-state index contributed by atoms with van der Waals surface area (Å²) in [6, 6.07) is 0. The van der Waals surface area contributed by atoms with E-state index in [1.807, 2.05) is 0 Å². The molecule has 0 saturated carbocycles. The Morgan fingerprint density at radius 1 is 1.23 bits per heavy atom. The number of hydrogen-bond donors (Lipinski definition) is 3. The maximum absolute atomic E-state index is 9.40. The molecule has 3 unspecified atom stereocenters.